The van der Waals surface area contributed by atoms with Gasteiger partial charge in [-0.05, 0) is 12.0 Å². The van der Waals surface area contributed by atoms with Crippen LogP contribution in [0.4, 0.5) is 0 Å². The van der Waals surface area contributed by atoms with E-state index in [0.29, 0.717) is 32.7 Å². The molecule has 0 spiro atoms. The summed E-state index contributed by atoms with van der Waals surface area (Å²) >= 11 is 0. The van der Waals surface area contributed by atoms with Crippen molar-refractivity contribution in [1.82, 2.24) is 10.2 Å². The number of amides is 1. The van der Waals surface area contributed by atoms with Gasteiger partial charge in [0.2, 0.25) is 5.91 Å². The molecule has 118 valence electrons. The lowest BCUT2D eigenvalue weighted by molar-refractivity contribution is -0.132. The number of nitrogens with one attached hydrogen (secondary N) is 1. The highest BCUT2D eigenvalue weighted by molar-refractivity contribution is 5.85. The van der Waals surface area contributed by atoms with E-state index in [1.807, 2.05) is 30.3 Å². The smallest absolute Gasteiger partial charge is 0.239 e. The van der Waals surface area contributed by atoms with Crippen LogP contribution >= 0.6 is 12.4 Å². The van der Waals surface area contributed by atoms with Crippen molar-refractivity contribution in [2.24, 2.45) is 0 Å². The Bertz CT molecular complexity index is 430. The summed E-state index contributed by atoms with van der Waals surface area (Å²) in [4.78, 5) is 13.7. The van der Waals surface area contributed by atoms with Crippen molar-refractivity contribution in [3.8, 4) is 0 Å². The minimum Gasteiger partial charge on any atom is -0.392 e. The van der Waals surface area contributed by atoms with Crippen LogP contribution in [-0.2, 0) is 16.1 Å². The number of ether oxygens (including phenoxy) is 1. The molecule has 1 aliphatic rings. The van der Waals surface area contributed by atoms with Gasteiger partial charge in [0, 0.05) is 20.1 Å². The molecule has 21 heavy (non-hydrogen) atoms. The molecular formula is C15H23ClN2O3. The van der Waals surface area contributed by atoms with E-state index in [1.54, 1.807) is 11.9 Å². The maximum absolute atomic E-state index is 12.1. The van der Waals surface area contributed by atoms with E-state index in [9.17, 15) is 9.90 Å². The molecule has 1 saturated heterocycles. The van der Waals surface area contributed by atoms with Gasteiger partial charge in [0.1, 0.15) is 0 Å². The number of hydrogen-bond acceptors (Lipinski definition) is 4. The van der Waals surface area contributed by atoms with Crippen LogP contribution < -0.4 is 5.32 Å². The van der Waals surface area contributed by atoms with Crippen LogP contribution in [0.15, 0.2) is 30.3 Å². The number of rotatable bonds is 6. The highest BCUT2D eigenvalue weighted by Crippen LogP contribution is 2.08. The Morgan fingerprint density at radius 1 is 1.43 bits per heavy atom. The fraction of sp³-hybridized carbons (Fsp3) is 0.533. The average Bonchev–Trinajstić information content (AvgIpc) is 2.90. The van der Waals surface area contributed by atoms with E-state index >= 15 is 0 Å². The largest absolute Gasteiger partial charge is 0.392 e. The summed E-state index contributed by atoms with van der Waals surface area (Å²) in [6.07, 6.45) is 0.0836. The second-order valence-corrected chi connectivity index (χ2v) is 5.15. The van der Waals surface area contributed by atoms with E-state index in [0.717, 1.165) is 5.56 Å². The minimum absolute atomic E-state index is 0. The number of hydrogen-bond donors (Lipinski definition) is 2. The molecule has 2 unspecified atom stereocenters. The van der Waals surface area contributed by atoms with Crippen LogP contribution in [-0.4, -0.2) is 54.8 Å². The van der Waals surface area contributed by atoms with Crippen molar-refractivity contribution >= 4 is 18.3 Å². The van der Waals surface area contributed by atoms with Crippen LogP contribution in [0.25, 0.3) is 0 Å². The molecule has 1 fully saturated rings. The first-order valence-electron chi connectivity index (χ1n) is 6.95. The first-order valence-corrected chi connectivity index (χ1v) is 6.95. The maximum Gasteiger partial charge on any atom is 0.239 e. The zero-order valence-corrected chi connectivity index (χ0v) is 13.0. The molecular weight excluding hydrogens is 292 g/mol. The second kappa shape index (κ2) is 9.00. The average molecular weight is 315 g/mol. The van der Waals surface area contributed by atoms with E-state index in [4.69, 9.17) is 4.74 Å². The van der Waals surface area contributed by atoms with Crippen molar-refractivity contribution in [2.75, 3.05) is 26.7 Å². The van der Waals surface area contributed by atoms with Gasteiger partial charge in [-0.15, -0.1) is 12.4 Å². The Balaban J connectivity index is 0.00000220. The third-order valence-corrected chi connectivity index (χ3v) is 3.46. The number of carbonyl (C=O) groups excluding carboxylic acids is 1. The van der Waals surface area contributed by atoms with E-state index in [2.05, 4.69) is 5.32 Å². The van der Waals surface area contributed by atoms with E-state index < -0.39 is 6.10 Å². The van der Waals surface area contributed by atoms with Gasteiger partial charge in [-0.2, -0.15) is 0 Å². The number of nitrogens with zero attached hydrogens (tertiary/aromatic N) is 1. The molecule has 0 saturated carbocycles. The molecule has 1 amide bonds. The molecule has 2 N–H and O–H groups in total. The van der Waals surface area contributed by atoms with Crippen molar-refractivity contribution < 1.29 is 14.6 Å². The molecule has 6 heteroatoms. The molecule has 0 aliphatic carbocycles. The molecule has 1 aliphatic heterocycles. The molecule has 2 atom stereocenters. The molecule has 1 heterocycles. The van der Waals surface area contributed by atoms with E-state index in [-0.39, 0.29) is 24.4 Å². The summed E-state index contributed by atoms with van der Waals surface area (Å²) in [7, 11) is 1.76. The third-order valence-electron chi connectivity index (χ3n) is 3.46. The highest BCUT2D eigenvalue weighted by Gasteiger charge is 2.29. The fourth-order valence-electron chi connectivity index (χ4n) is 2.25. The maximum atomic E-state index is 12.1. The number of β-amino-alcohol motifs (C(OH)–C–C–N with tert-alkyl or cyclic N) is 1. The van der Waals surface area contributed by atoms with Gasteiger partial charge in [0.25, 0.3) is 0 Å². The molecule has 0 aromatic heterocycles. The summed E-state index contributed by atoms with van der Waals surface area (Å²) in [6, 6.07) is 9.69. The standard InChI is InChI=1S/C15H22N2O3.ClH/c1-17(15(19)14-9-13(18)10-16-14)7-8-20-11-12-5-3-2-4-6-12;/h2-6,13-14,16,18H,7-11H2,1H3;1H. The topological polar surface area (TPSA) is 61.8 Å². The molecule has 1 aromatic carbocycles. The minimum atomic E-state index is -0.410. The Hall–Kier alpha value is -1.14. The molecule has 0 radical (unpaired) electrons. The Morgan fingerprint density at radius 2 is 2.14 bits per heavy atom. The first kappa shape index (κ1) is 17.9. The molecule has 5 nitrogen and oxygen atoms in total. The lowest BCUT2D eigenvalue weighted by atomic mass is 10.2. The predicted octanol–water partition coefficient (Wildman–Crippen LogP) is 0.806. The number of aliphatic hydroxyl groups is 1. The van der Waals surface area contributed by atoms with Gasteiger partial charge < -0.3 is 20.1 Å². The van der Waals surface area contributed by atoms with Crippen molar-refractivity contribution in [1.29, 1.82) is 0 Å². The Labute approximate surface area is 131 Å². The van der Waals surface area contributed by atoms with Gasteiger partial charge in [0.15, 0.2) is 0 Å². The van der Waals surface area contributed by atoms with Gasteiger partial charge in [-0.25, -0.2) is 0 Å². The van der Waals surface area contributed by atoms with Gasteiger partial charge >= 0.3 is 0 Å². The lowest BCUT2D eigenvalue weighted by Gasteiger charge is -2.21. The predicted molar refractivity (Wildman–Crippen MR) is 83.4 cm³/mol. The first-order chi connectivity index (χ1) is 9.66. The van der Waals surface area contributed by atoms with Crippen LogP contribution in [0.3, 0.4) is 0 Å². The Morgan fingerprint density at radius 3 is 2.76 bits per heavy atom. The van der Waals surface area contributed by atoms with Crippen molar-refractivity contribution in [3.63, 3.8) is 0 Å². The lowest BCUT2D eigenvalue weighted by Crippen LogP contribution is -2.42. The number of halogens is 1. The van der Waals surface area contributed by atoms with Gasteiger partial charge in [0.05, 0.1) is 25.4 Å². The van der Waals surface area contributed by atoms with Crippen molar-refractivity contribution in [2.45, 2.75) is 25.2 Å². The number of carbonyl (C=O) groups is 1. The normalized spacial score (nSPS) is 20.9. The highest BCUT2D eigenvalue weighted by atomic mass is 35.5. The summed E-state index contributed by atoms with van der Waals surface area (Å²) in [5.41, 5.74) is 1.13. The summed E-state index contributed by atoms with van der Waals surface area (Å²) in [5.74, 6) is 0.0184. The van der Waals surface area contributed by atoms with Gasteiger partial charge in [-0.1, -0.05) is 30.3 Å². The summed E-state index contributed by atoms with van der Waals surface area (Å²) < 4.78 is 5.56. The second-order valence-electron chi connectivity index (χ2n) is 5.15. The van der Waals surface area contributed by atoms with Gasteiger partial charge in [-0.3, -0.25) is 4.79 Å². The molecule has 1 aromatic rings. The SMILES string of the molecule is CN(CCOCc1ccccc1)C(=O)C1CC(O)CN1.Cl. The quantitative estimate of drug-likeness (QED) is 0.763. The zero-order chi connectivity index (χ0) is 14.4. The zero-order valence-electron chi connectivity index (χ0n) is 12.2. The Kier molecular flexibility index (Phi) is 7.67. The molecule has 2 rings (SSSR count). The monoisotopic (exact) mass is 314 g/mol. The van der Waals surface area contributed by atoms with Crippen LogP contribution in [0.1, 0.15) is 12.0 Å². The number of aliphatic hydroxyl groups excluding tert-OH is 1. The molecule has 0 bridgehead atoms. The van der Waals surface area contributed by atoms with E-state index in [1.165, 1.54) is 0 Å². The van der Waals surface area contributed by atoms with Crippen molar-refractivity contribution in [3.05, 3.63) is 35.9 Å². The van der Waals surface area contributed by atoms with Crippen LogP contribution in [0, 0.1) is 0 Å². The summed E-state index contributed by atoms with van der Waals surface area (Å²) in [5, 5.41) is 12.4. The fourth-order valence-corrected chi connectivity index (χ4v) is 2.25. The summed E-state index contributed by atoms with van der Waals surface area (Å²) in [6.45, 7) is 2.12. The third kappa shape index (κ3) is 5.63. The van der Waals surface area contributed by atoms with Crippen LogP contribution in [0.5, 0.6) is 0 Å². The number of benzene rings is 1. The number of likely N-dealkylation sites (N-methyl/N-ethyl adjacent to an activating group) is 1. The van der Waals surface area contributed by atoms with Crippen LogP contribution in [0.2, 0.25) is 0 Å².